The first-order chi connectivity index (χ1) is 9.03. The van der Waals surface area contributed by atoms with Crippen molar-refractivity contribution in [2.24, 2.45) is 0 Å². The van der Waals surface area contributed by atoms with E-state index in [4.69, 9.17) is 11.5 Å². The van der Waals surface area contributed by atoms with Gasteiger partial charge in [-0.15, -0.1) is 0 Å². The second-order valence-corrected chi connectivity index (χ2v) is 4.48. The molecule has 1 amide bonds. The fourth-order valence-electron chi connectivity index (χ4n) is 2.15. The summed E-state index contributed by atoms with van der Waals surface area (Å²) in [6.07, 6.45) is 0.776. The molecular formula is C14H24N4O. The van der Waals surface area contributed by atoms with E-state index in [1.54, 1.807) is 18.2 Å². The normalized spacial score (nSPS) is 12.4. The summed E-state index contributed by atoms with van der Waals surface area (Å²) in [6.45, 7) is 7.83. The Hall–Kier alpha value is -1.75. The molecule has 1 unspecified atom stereocenters. The van der Waals surface area contributed by atoms with E-state index >= 15 is 0 Å². The fourth-order valence-corrected chi connectivity index (χ4v) is 2.15. The Morgan fingerprint density at radius 1 is 1.21 bits per heavy atom. The van der Waals surface area contributed by atoms with Crippen molar-refractivity contribution in [2.45, 2.75) is 33.2 Å². The van der Waals surface area contributed by atoms with Crippen molar-refractivity contribution >= 4 is 23.0 Å². The van der Waals surface area contributed by atoms with Crippen molar-refractivity contribution < 1.29 is 4.79 Å². The highest BCUT2D eigenvalue weighted by Gasteiger charge is 2.21. The molecule has 0 aromatic heterocycles. The van der Waals surface area contributed by atoms with Gasteiger partial charge in [0.1, 0.15) is 0 Å². The monoisotopic (exact) mass is 264 g/mol. The summed E-state index contributed by atoms with van der Waals surface area (Å²) >= 11 is 0. The van der Waals surface area contributed by atoms with E-state index in [2.05, 4.69) is 24.1 Å². The van der Waals surface area contributed by atoms with Crippen LogP contribution in [0.25, 0.3) is 0 Å². The van der Waals surface area contributed by atoms with Gasteiger partial charge in [-0.1, -0.05) is 20.8 Å². The smallest absolute Gasteiger partial charge is 0.241 e. The largest absolute Gasteiger partial charge is 0.397 e. The van der Waals surface area contributed by atoms with Crippen molar-refractivity contribution in [1.29, 1.82) is 0 Å². The van der Waals surface area contributed by atoms with Crippen molar-refractivity contribution in [3.63, 3.8) is 0 Å². The highest BCUT2D eigenvalue weighted by Crippen LogP contribution is 2.20. The molecule has 5 N–H and O–H groups in total. The first-order valence-corrected chi connectivity index (χ1v) is 6.73. The highest BCUT2D eigenvalue weighted by atomic mass is 16.2. The van der Waals surface area contributed by atoms with Gasteiger partial charge in [-0.05, 0) is 37.7 Å². The summed E-state index contributed by atoms with van der Waals surface area (Å²) in [5.41, 5.74) is 13.1. The lowest BCUT2D eigenvalue weighted by atomic mass is 10.1. The number of nitrogens with zero attached hydrogens (tertiary/aromatic N) is 1. The van der Waals surface area contributed by atoms with Crippen molar-refractivity contribution in [2.75, 3.05) is 29.9 Å². The summed E-state index contributed by atoms with van der Waals surface area (Å²) in [5.74, 6) is -0.00429. The van der Waals surface area contributed by atoms with Crippen LogP contribution in [0.1, 0.15) is 27.2 Å². The van der Waals surface area contributed by atoms with Crippen LogP contribution >= 0.6 is 0 Å². The number of benzene rings is 1. The van der Waals surface area contributed by atoms with Crippen LogP contribution in [0.3, 0.4) is 0 Å². The quantitative estimate of drug-likeness (QED) is 0.685. The van der Waals surface area contributed by atoms with Crippen molar-refractivity contribution in [3.8, 4) is 0 Å². The predicted molar refractivity (Wildman–Crippen MR) is 80.9 cm³/mol. The van der Waals surface area contributed by atoms with Gasteiger partial charge in [0.05, 0.1) is 17.4 Å². The summed E-state index contributed by atoms with van der Waals surface area (Å²) in [5, 5.41) is 2.89. The Morgan fingerprint density at radius 2 is 1.84 bits per heavy atom. The van der Waals surface area contributed by atoms with Gasteiger partial charge in [0.15, 0.2) is 0 Å². The Balaban J connectivity index is 2.79. The Morgan fingerprint density at radius 3 is 2.32 bits per heavy atom. The zero-order chi connectivity index (χ0) is 14.4. The van der Waals surface area contributed by atoms with Crippen LogP contribution in [-0.2, 0) is 4.79 Å². The van der Waals surface area contributed by atoms with E-state index in [0.29, 0.717) is 17.1 Å². The number of nitrogen functional groups attached to an aromatic ring is 2. The lowest BCUT2D eigenvalue weighted by Gasteiger charge is -2.27. The second kappa shape index (κ2) is 6.99. The van der Waals surface area contributed by atoms with Gasteiger partial charge in [0.25, 0.3) is 0 Å². The van der Waals surface area contributed by atoms with Crippen molar-refractivity contribution in [1.82, 2.24) is 4.90 Å². The van der Waals surface area contributed by atoms with Gasteiger partial charge >= 0.3 is 0 Å². The number of carbonyl (C=O) groups is 1. The minimum absolute atomic E-state index is 0.00429. The van der Waals surface area contributed by atoms with Crippen LogP contribution in [0.5, 0.6) is 0 Å². The van der Waals surface area contributed by atoms with E-state index < -0.39 is 0 Å². The molecule has 0 radical (unpaired) electrons. The standard InChI is InChI=1S/C14H24N4O/c1-4-13(18(5-2)6-3)14(19)17-10-7-8-11(15)12(16)9-10/h7-9,13H,4-6,15-16H2,1-3H3,(H,17,19). The fraction of sp³-hybridized carbons (Fsp3) is 0.500. The van der Waals surface area contributed by atoms with Gasteiger partial charge in [-0.2, -0.15) is 0 Å². The van der Waals surface area contributed by atoms with Gasteiger partial charge in [-0.25, -0.2) is 0 Å². The molecule has 0 saturated heterocycles. The molecule has 0 bridgehead atoms. The van der Waals surface area contributed by atoms with E-state index in [-0.39, 0.29) is 11.9 Å². The Bertz CT molecular complexity index is 429. The number of anilines is 3. The first kappa shape index (κ1) is 15.3. The molecule has 0 aliphatic heterocycles. The molecule has 5 nitrogen and oxygen atoms in total. The molecule has 0 fully saturated rings. The van der Waals surface area contributed by atoms with Crippen LogP contribution in [0.15, 0.2) is 18.2 Å². The van der Waals surface area contributed by atoms with Gasteiger partial charge < -0.3 is 16.8 Å². The Labute approximate surface area is 115 Å². The van der Waals surface area contributed by atoms with Crippen molar-refractivity contribution in [3.05, 3.63) is 18.2 Å². The van der Waals surface area contributed by atoms with Gasteiger partial charge in [-0.3, -0.25) is 9.69 Å². The molecule has 0 aliphatic rings. The van der Waals surface area contributed by atoms with Gasteiger partial charge in [0.2, 0.25) is 5.91 Å². The molecule has 0 aliphatic carbocycles. The molecule has 0 spiro atoms. The molecule has 1 atom stereocenters. The third kappa shape index (κ3) is 3.86. The molecule has 0 heterocycles. The van der Waals surface area contributed by atoms with E-state index in [9.17, 15) is 4.79 Å². The van der Waals surface area contributed by atoms with Crippen LogP contribution in [0, 0.1) is 0 Å². The minimum Gasteiger partial charge on any atom is -0.397 e. The molecule has 5 heteroatoms. The van der Waals surface area contributed by atoms with E-state index in [1.807, 2.05) is 6.92 Å². The number of hydrogen-bond acceptors (Lipinski definition) is 4. The lowest BCUT2D eigenvalue weighted by molar-refractivity contribution is -0.121. The van der Waals surface area contributed by atoms with Gasteiger partial charge in [0, 0.05) is 5.69 Å². The topological polar surface area (TPSA) is 84.4 Å². The average Bonchev–Trinajstić information content (AvgIpc) is 2.39. The molecular weight excluding hydrogens is 240 g/mol. The molecule has 1 rings (SSSR count). The molecule has 19 heavy (non-hydrogen) atoms. The zero-order valence-electron chi connectivity index (χ0n) is 11.9. The summed E-state index contributed by atoms with van der Waals surface area (Å²) in [6, 6.07) is 5.03. The van der Waals surface area contributed by atoms with Crippen LogP contribution in [-0.4, -0.2) is 29.9 Å². The second-order valence-electron chi connectivity index (χ2n) is 4.48. The van der Waals surface area contributed by atoms with Crippen LogP contribution in [0.4, 0.5) is 17.1 Å². The van der Waals surface area contributed by atoms with E-state index in [1.165, 1.54) is 0 Å². The number of nitrogens with one attached hydrogen (secondary N) is 1. The maximum absolute atomic E-state index is 12.3. The molecule has 106 valence electrons. The summed E-state index contributed by atoms with van der Waals surface area (Å²) in [4.78, 5) is 14.4. The minimum atomic E-state index is -0.117. The zero-order valence-corrected chi connectivity index (χ0v) is 11.9. The number of carbonyl (C=O) groups excluding carboxylic acids is 1. The third-order valence-corrected chi connectivity index (χ3v) is 3.30. The van der Waals surface area contributed by atoms with Crippen LogP contribution < -0.4 is 16.8 Å². The number of likely N-dealkylation sites (N-methyl/N-ethyl adjacent to an activating group) is 1. The SMILES string of the molecule is CCC(C(=O)Nc1ccc(N)c(N)c1)N(CC)CC. The maximum atomic E-state index is 12.3. The number of amides is 1. The number of rotatable bonds is 6. The highest BCUT2D eigenvalue weighted by molar-refractivity contribution is 5.95. The molecule has 1 aromatic carbocycles. The van der Waals surface area contributed by atoms with Crippen LogP contribution in [0.2, 0.25) is 0 Å². The number of hydrogen-bond donors (Lipinski definition) is 3. The lowest BCUT2D eigenvalue weighted by Crippen LogP contribution is -2.43. The molecule has 1 aromatic rings. The molecule has 0 saturated carbocycles. The summed E-state index contributed by atoms with van der Waals surface area (Å²) in [7, 11) is 0. The predicted octanol–water partition coefficient (Wildman–Crippen LogP) is 1.91. The first-order valence-electron chi connectivity index (χ1n) is 6.73. The summed E-state index contributed by atoms with van der Waals surface area (Å²) < 4.78 is 0. The third-order valence-electron chi connectivity index (χ3n) is 3.30. The average molecular weight is 264 g/mol. The number of nitrogens with two attached hydrogens (primary N) is 2. The van der Waals surface area contributed by atoms with E-state index in [0.717, 1.165) is 19.5 Å². The Kier molecular flexibility index (Phi) is 5.63. The maximum Gasteiger partial charge on any atom is 0.241 e.